The molecule has 0 saturated heterocycles. The molecule has 0 aliphatic heterocycles. The van der Waals surface area contributed by atoms with Crippen LogP contribution >= 0.6 is 0 Å². The van der Waals surface area contributed by atoms with E-state index < -0.39 is 12.1 Å². The number of carbonyl (C=O) groups is 2. The molecule has 16 heavy (non-hydrogen) atoms. The van der Waals surface area contributed by atoms with Crippen molar-refractivity contribution in [1.82, 2.24) is 0 Å². The summed E-state index contributed by atoms with van der Waals surface area (Å²) in [6, 6.07) is 6.53. The summed E-state index contributed by atoms with van der Waals surface area (Å²) in [7, 11) is 0. The molecule has 4 heteroatoms. The smallest absolute Gasteiger partial charge is 0.347 e. The van der Waals surface area contributed by atoms with Crippen LogP contribution in [0.2, 0.25) is 0 Å². The van der Waals surface area contributed by atoms with Gasteiger partial charge in [0.25, 0.3) is 0 Å². The van der Waals surface area contributed by atoms with Gasteiger partial charge in [-0.2, -0.15) is 0 Å². The molecule has 0 heterocycles. The van der Waals surface area contributed by atoms with Crippen molar-refractivity contribution in [2.75, 3.05) is 6.61 Å². The first-order valence-corrected chi connectivity index (χ1v) is 5.06. The summed E-state index contributed by atoms with van der Waals surface area (Å²) in [5, 5.41) is 0. The molecule has 86 valence electrons. The molecular formula is C12H14O4. The summed E-state index contributed by atoms with van der Waals surface area (Å²) in [4.78, 5) is 21.7. The summed E-state index contributed by atoms with van der Waals surface area (Å²) in [5.74, 6) is 0.133. The van der Waals surface area contributed by atoms with Gasteiger partial charge in [-0.25, -0.2) is 4.79 Å². The minimum atomic E-state index is -0.651. The second-order valence-corrected chi connectivity index (χ2v) is 3.20. The molecule has 0 amide bonds. The van der Waals surface area contributed by atoms with Gasteiger partial charge in [-0.3, -0.25) is 4.79 Å². The summed E-state index contributed by atoms with van der Waals surface area (Å²) in [5.41, 5.74) is 0.566. The van der Waals surface area contributed by atoms with E-state index in [-0.39, 0.29) is 0 Å². The third-order valence-corrected chi connectivity index (χ3v) is 1.95. The molecule has 0 aliphatic rings. The predicted octanol–water partition coefficient (Wildman–Crippen LogP) is 1.83. The maximum absolute atomic E-state index is 11.3. The van der Waals surface area contributed by atoms with E-state index >= 15 is 0 Å². The Kier molecular flexibility index (Phi) is 4.51. The lowest BCUT2D eigenvalue weighted by molar-refractivity contribution is -0.150. The average molecular weight is 222 g/mol. The zero-order valence-electron chi connectivity index (χ0n) is 9.30. The molecule has 0 fully saturated rings. The third-order valence-electron chi connectivity index (χ3n) is 1.95. The Balaban J connectivity index is 2.58. The van der Waals surface area contributed by atoms with Gasteiger partial charge in [0.2, 0.25) is 0 Å². The van der Waals surface area contributed by atoms with Crippen molar-refractivity contribution in [3.8, 4) is 5.75 Å². The van der Waals surface area contributed by atoms with E-state index in [9.17, 15) is 9.59 Å². The summed E-state index contributed by atoms with van der Waals surface area (Å²) in [6.07, 6.45) is 0.0977. The number of carbonyl (C=O) groups excluding carboxylic acids is 2. The number of hydrogen-bond acceptors (Lipinski definition) is 4. The number of ether oxygens (including phenoxy) is 2. The highest BCUT2D eigenvalue weighted by molar-refractivity contribution is 5.75. The quantitative estimate of drug-likeness (QED) is 0.563. The van der Waals surface area contributed by atoms with E-state index in [1.807, 2.05) is 0 Å². The van der Waals surface area contributed by atoms with Crippen LogP contribution in [-0.2, 0) is 9.53 Å². The maximum atomic E-state index is 11.3. The minimum Gasteiger partial charge on any atom is -0.479 e. The fraction of sp³-hybridized carbons (Fsp3) is 0.333. The maximum Gasteiger partial charge on any atom is 0.347 e. The van der Waals surface area contributed by atoms with E-state index in [2.05, 4.69) is 0 Å². The zero-order valence-corrected chi connectivity index (χ0v) is 9.30. The van der Waals surface area contributed by atoms with E-state index in [1.54, 1.807) is 38.1 Å². The van der Waals surface area contributed by atoms with Crippen molar-refractivity contribution in [2.24, 2.45) is 0 Å². The third kappa shape index (κ3) is 3.38. The number of aldehydes is 1. The van der Waals surface area contributed by atoms with Crippen molar-refractivity contribution in [1.29, 1.82) is 0 Å². The standard InChI is InChI=1S/C12H14O4/c1-3-15-12(14)9(2)16-11-6-4-10(8-13)5-7-11/h4-9H,3H2,1-2H3. The van der Waals surface area contributed by atoms with Gasteiger partial charge < -0.3 is 9.47 Å². The SMILES string of the molecule is CCOC(=O)C(C)Oc1ccc(C=O)cc1. The molecule has 0 radical (unpaired) electrons. The Morgan fingerprint density at radius 3 is 2.50 bits per heavy atom. The lowest BCUT2D eigenvalue weighted by atomic mass is 10.2. The average Bonchev–Trinajstić information content (AvgIpc) is 2.30. The van der Waals surface area contributed by atoms with Gasteiger partial charge in [-0.05, 0) is 38.1 Å². The van der Waals surface area contributed by atoms with Crippen LogP contribution in [-0.4, -0.2) is 25.0 Å². The van der Waals surface area contributed by atoms with Crippen LogP contribution in [0.5, 0.6) is 5.75 Å². The molecule has 0 bridgehead atoms. The van der Waals surface area contributed by atoms with Crippen LogP contribution in [0.1, 0.15) is 24.2 Å². The van der Waals surface area contributed by atoms with Crippen molar-refractivity contribution in [2.45, 2.75) is 20.0 Å². The van der Waals surface area contributed by atoms with Crippen LogP contribution in [0.3, 0.4) is 0 Å². The van der Waals surface area contributed by atoms with Crippen LogP contribution in [0.4, 0.5) is 0 Å². The molecule has 0 saturated carbocycles. The molecule has 1 aromatic rings. The Morgan fingerprint density at radius 1 is 1.38 bits per heavy atom. The second kappa shape index (κ2) is 5.90. The summed E-state index contributed by atoms with van der Waals surface area (Å²) >= 11 is 0. The summed E-state index contributed by atoms with van der Waals surface area (Å²) in [6.45, 7) is 3.69. The molecule has 1 aromatic carbocycles. The van der Waals surface area contributed by atoms with Gasteiger partial charge in [0.1, 0.15) is 12.0 Å². The van der Waals surface area contributed by atoms with E-state index in [0.29, 0.717) is 17.9 Å². The first-order chi connectivity index (χ1) is 7.67. The van der Waals surface area contributed by atoms with Crippen molar-refractivity contribution in [3.63, 3.8) is 0 Å². The Hall–Kier alpha value is -1.84. The molecule has 4 nitrogen and oxygen atoms in total. The molecular weight excluding hydrogens is 208 g/mol. The largest absolute Gasteiger partial charge is 0.479 e. The van der Waals surface area contributed by atoms with E-state index in [4.69, 9.17) is 9.47 Å². The highest BCUT2D eigenvalue weighted by atomic mass is 16.6. The number of rotatable bonds is 5. The molecule has 0 aliphatic carbocycles. The highest BCUT2D eigenvalue weighted by Gasteiger charge is 2.15. The Bertz CT molecular complexity index is 356. The van der Waals surface area contributed by atoms with Crippen molar-refractivity contribution >= 4 is 12.3 Å². The number of esters is 1. The lowest BCUT2D eigenvalue weighted by Gasteiger charge is -2.13. The molecule has 0 spiro atoms. The minimum absolute atomic E-state index is 0.330. The molecule has 0 N–H and O–H groups in total. The zero-order chi connectivity index (χ0) is 12.0. The van der Waals surface area contributed by atoms with Crippen LogP contribution in [0, 0.1) is 0 Å². The highest BCUT2D eigenvalue weighted by Crippen LogP contribution is 2.13. The van der Waals surface area contributed by atoms with Gasteiger partial charge in [0.05, 0.1) is 6.61 Å². The Labute approximate surface area is 94.2 Å². The first-order valence-electron chi connectivity index (χ1n) is 5.06. The Morgan fingerprint density at radius 2 is 2.00 bits per heavy atom. The van der Waals surface area contributed by atoms with Gasteiger partial charge in [-0.15, -0.1) is 0 Å². The van der Waals surface area contributed by atoms with Gasteiger partial charge in [0.15, 0.2) is 6.10 Å². The van der Waals surface area contributed by atoms with Crippen molar-refractivity contribution in [3.05, 3.63) is 29.8 Å². The molecule has 0 aromatic heterocycles. The fourth-order valence-electron chi connectivity index (χ4n) is 1.14. The molecule has 1 unspecified atom stereocenters. The fourth-order valence-corrected chi connectivity index (χ4v) is 1.14. The van der Waals surface area contributed by atoms with Gasteiger partial charge in [0, 0.05) is 5.56 Å². The molecule has 1 atom stereocenters. The normalized spacial score (nSPS) is 11.6. The number of benzene rings is 1. The van der Waals surface area contributed by atoms with Gasteiger partial charge in [-0.1, -0.05) is 0 Å². The number of hydrogen-bond donors (Lipinski definition) is 0. The lowest BCUT2D eigenvalue weighted by Crippen LogP contribution is -2.26. The van der Waals surface area contributed by atoms with E-state index in [0.717, 1.165) is 6.29 Å². The topological polar surface area (TPSA) is 52.6 Å². The van der Waals surface area contributed by atoms with Crippen LogP contribution in [0.25, 0.3) is 0 Å². The van der Waals surface area contributed by atoms with E-state index in [1.165, 1.54) is 0 Å². The van der Waals surface area contributed by atoms with Crippen LogP contribution in [0.15, 0.2) is 24.3 Å². The first kappa shape index (κ1) is 12.2. The van der Waals surface area contributed by atoms with Gasteiger partial charge >= 0.3 is 5.97 Å². The van der Waals surface area contributed by atoms with Crippen molar-refractivity contribution < 1.29 is 19.1 Å². The second-order valence-electron chi connectivity index (χ2n) is 3.20. The van der Waals surface area contributed by atoms with Crippen LogP contribution < -0.4 is 4.74 Å². The molecule has 1 rings (SSSR count). The predicted molar refractivity (Wildman–Crippen MR) is 58.6 cm³/mol. The summed E-state index contributed by atoms with van der Waals surface area (Å²) < 4.78 is 10.1. The monoisotopic (exact) mass is 222 g/mol.